The van der Waals surface area contributed by atoms with E-state index in [1.807, 2.05) is 0 Å². The minimum absolute atomic E-state index is 0.581. The van der Waals surface area contributed by atoms with Crippen molar-refractivity contribution >= 4 is 32.5 Å². The fourth-order valence-corrected chi connectivity index (χ4v) is 1.49. The first-order valence-corrected chi connectivity index (χ1v) is 4.29. The number of benzene rings is 1. The van der Waals surface area contributed by atoms with Crippen molar-refractivity contribution in [3.05, 3.63) is 33.2 Å². The summed E-state index contributed by atoms with van der Waals surface area (Å²) in [5.74, 6) is 0. The van der Waals surface area contributed by atoms with Crippen LogP contribution in [0.4, 0.5) is 5.69 Å². The topological polar surface area (TPSA) is 77.4 Å². The van der Waals surface area contributed by atoms with E-state index in [1.54, 1.807) is 18.2 Å². The Morgan fingerprint density at radius 1 is 1.54 bits per heavy atom. The SMILES string of the molecule is [N-]=[N+]=Nc1ccc2n[nH]c(Br)c2c1. The molecule has 1 N–H and O–H groups in total. The largest absolute Gasteiger partial charge is 0.270 e. The first kappa shape index (κ1) is 8.10. The predicted octanol–water partition coefficient (Wildman–Crippen LogP) is 3.27. The Hall–Kier alpha value is -1.52. The number of hydrogen-bond acceptors (Lipinski definition) is 2. The van der Waals surface area contributed by atoms with Crippen molar-refractivity contribution in [2.45, 2.75) is 0 Å². The molecule has 0 fully saturated rings. The highest BCUT2D eigenvalue weighted by Gasteiger charge is 2.01. The van der Waals surface area contributed by atoms with Crippen LogP contribution in [0.2, 0.25) is 0 Å². The lowest BCUT2D eigenvalue weighted by Gasteiger charge is -1.90. The van der Waals surface area contributed by atoms with Crippen LogP contribution in [0.25, 0.3) is 21.3 Å². The highest BCUT2D eigenvalue weighted by molar-refractivity contribution is 9.10. The number of aromatic amines is 1. The molecule has 0 saturated heterocycles. The molecule has 0 radical (unpaired) electrons. The van der Waals surface area contributed by atoms with Gasteiger partial charge < -0.3 is 0 Å². The van der Waals surface area contributed by atoms with E-state index in [2.05, 4.69) is 36.2 Å². The van der Waals surface area contributed by atoms with Crippen molar-refractivity contribution < 1.29 is 0 Å². The normalized spacial score (nSPS) is 9.92. The molecule has 0 spiro atoms. The lowest BCUT2D eigenvalue weighted by atomic mass is 10.2. The Labute approximate surface area is 81.5 Å². The van der Waals surface area contributed by atoms with Crippen LogP contribution in [0, 0.1) is 0 Å². The molecule has 1 aromatic carbocycles. The third kappa shape index (κ3) is 1.37. The number of rotatable bonds is 1. The van der Waals surface area contributed by atoms with Crippen molar-refractivity contribution in [1.29, 1.82) is 0 Å². The summed E-state index contributed by atoms with van der Waals surface area (Å²) in [5.41, 5.74) is 9.65. The maximum atomic E-state index is 8.23. The number of fused-ring (bicyclic) bond motifs is 1. The van der Waals surface area contributed by atoms with Gasteiger partial charge in [0.1, 0.15) is 4.60 Å². The van der Waals surface area contributed by atoms with Gasteiger partial charge >= 0.3 is 0 Å². The third-order valence-corrected chi connectivity index (χ3v) is 2.26. The predicted molar refractivity (Wildman–Crippen MR) is 52.6 cm³/mol. The summed E-state index contributed by atoms with van der Waals surface area (Å²) in [6.07, 6.45) is 0. The maximum absolute atomic E-state index is 8.23. The first-order valence-electron chi connectivity index (χ1n) is 3.50. The first-order chi connectivity index (χ1) is 6.31. The average Bonchev–Trinajstić information content (AvgIpc) is 2.49. The van der Waals surface area contributed by atoms with E-state index in [1.165, 1.54) is 0 Å². The maximum Gasteiger partial charge on any atom is 0.108 e. The van der Waals surface area contributed by atoms with E-state index >= 15 is 0 Å². The number of halogens is 1. The molecule has 5 nitrogen and oxygen atoms in total. The Morgan fingerprint density at radius 3 is 3.15 bits per heavy atom. The highest BCUT2D eigenvalue weighted by atomic mass is 79.9. The molecular weight excluding hydrogens is 234 g/mol. The molecule has 1 heterocycles. The second-order valence-electron chi connectivity index (χ2n) is 2.43. The zero-order valence-electron chi connectivity index (χ0n) is 6.40. The lowest BCUT2D eigenvalue weighted by Crippen LogP contribution is -1.66. The van der Waals surface area contributed by atoms with Gasteiger partial charge in [-0.15, -0.1) is 0 Å². The van der Waals surface area contributed by atoms with Crippen molar-refractivity contribution in [3.8, 4) is 0 Å². The number of azide groups is 1. The lowest BCUT2D eigenvalue weighted by molar-refractivity contribution is 1.10. The summed E-state index contributed by atoms with van der Waals surface area (Å²) in [6, 6.07) is 5.28. The molecule has 1 aromatic heterocycles. The number of nitrogens with one attached hydrogen (secondary N) is 1. The van der Waals surface area contributed by atoms with E-state index in [0.29, 0.717) is 5.69 Å². The van der Waals surface area contributed by atoms with Gasteiger partial charge in [0.25, 0.3) is 0 Å². The van der Waals surface area contributed by atoms with Crippen LogP contribution in [-0.2, 0) is 0 Å². The smallest absolute Gasteiger partial charge is 0.108 e. The summed E-state index contributed by atoms with van der Waals surface area (Å²) in [6.45, 7) is 0. The van der Waals surface area contributed by atoms with Crippen molar-refractivity contribution in [2.24, 2.45) is 5.11 Å². The standard InChI is InChI=1S/C7H4BrN5/c8-7-5-3-4(10-13-9)1-2-6(5)11-12-7/h1-3H,(H,11,12). The monoisotopic (exact) mass is 237 g/mol. The van der Waals surface area contributed by atoms with Crippen molar-refractivity contribution in [2.75, 3.05) is 0 Å². The second kappa shape index (κ2) is 3.08. The molecule has 0 aliphatic carbocycles. The summed E-state index contributed by atoms with van der Waals surface area (Å²) in [7, 11) is 0. The third-order valence-electron chi connectivity index (χ3n) is 1.65. The molecule has 0 atom stereocenters. The minimum atomic E-state index is 0.581. The van der Waals surface area contributed by atoms with Crippen LogP contribution in [0.5, 0.6) is 0 Å². The van der Waals surface area contributed by atoms with Gasteiger partial charge in [0.2, 0.25) is 0 Å². The Kier molecular flexibility index (Phi) is 1.92. The highest BCUT2D eigenvalue weighted by Crippen LogP contribution is 2.25. The summed E-state index contributed by atoms with van der Waals surface area (Å²) in [5, 5.41) is 11.2. The van der Waals surface area contributed by atoms with Gasteiger partial charge in [0, 0.05) is 16.0 Å². The molecule has 0 amide bonds. The van der Waals surface area contributed by atoms with Crippen LogP contribution in [0.1, 0.15) is 0 Å². The molecule has 0 bridgehead atoms. The second-order valence-corrected chi connectivity index (χ2v) is 3.22. The molecule has 0 unspecified atom stereocenters. The molecular formula is C7H4BrN5. The Morgan fingerprint density at radius 2 is 2.38 bits per heavy atom. The van der Waals surface area contributed by atoms with Gasteiger partial charge in [-0.1, -0.05) is 11.2 Å². The van der Waals surface area contributed by atoms with Gasteiger partial charge in [-0.05, 0) is 33.6 Å². The van der Waals surface area contributed by atoms with Gasteiger partial charge in [-0.3, -0.25) is 5.10 Å². The van der Waals surface area contributed by atoms with E-state index < -0.39 is 0 Å². The fourth-order valence-electron chi connectivity index (χ4n) is 1.08. The number of hydrogen-bond donors (Lipinski definition) is 1. The Balaban J connectivity index is 2.72. The van der Waals surface area contributed by atoms with Gasteiger partial charge in [-0.2, -0.15) is 5.10 Å². The quantitative estimate of drug-likeness (QED) is 0.461. The molecule has 2 rings (SSSR count). The molecule has 0 saturated carbocycles. The van der Waals surface area contributed by atoms with Gasteiger partial charge in [0.15, 0.2) is 0 Å². The Bertz CT molecular complexity index is 497. The molecule has 64 valence electrons. The zero-order chi connectivity index (χ0) is 9.26. The van der Waals surface area contributed by atoms with E-state index in [-0.39, 0.29) is 0 Å². The van der Waals surface area contributed by atoms with Crippen LogP contribution < -0.4 is 0 Å². The van der Waals surface area contributed by atoms with Crippen LogP contribution in [0.15, 0.2) is 27.9 Å². The fraction of sp³-hybridized carbons (Fsp3) is 0. The number of aromatic nitrogens is 2. The average molecular weight is 238 g/mol. The van der Waals surface area contributed by atoms with Crippen LogP contribution in [0.3, 0.4) is 0 Å². The summed E-state index contributed by atoms with van der Waals surface area (Å²) >= 11 is 3.30. The summed E-state index contributed by atoms with van der Waals surface area (Å²) in [4.78, 5) is 2.71. The van der Waals surface area contributed by atoms with Gasteiger partial charge in [0.05, 0.1) is 5.52 Å². The molecule has 6 heteroatoms. The summed E-state index contributed by atoms with van der Waals surface area (Å²) < 4.78 is 0.789. The molecule has 2 aromatic rings. The zero-order valence-corrected chi connectivity index (χ0v) is 7.98. The minimum Gasteiger partial charge on any atom is -0.270 e. The van der Waals surface area contributed by atoms with E-state index in [4.69, 9.17) is 5.53 Å². The van der Waals surface area contributed by atoms with Crippen LogP contribution >= 0.6 is 15.9 Å². The van der Waals surface area contributed by atoms with Crippen molar-refractivity contribution in [3.63, 3.8) is 0 Å². The van der Waals surface area contributed by atoms with Crippen LogP contribution in [-0.4, -0.2) is 10.2 Å². The van der Waals surface area contributed by atoms with E-state index in [9.17, 15) is 0 Å². The molecule has 0 aliphatic heterocycles. The molecule has 0 aliphatic rings. The molecule has 13 heavy (non-hydrogen) atoms. The van der Waals surface area contributed by atoms with Gasteiger partial charge in [-0.25, -0.2) is 0 Å². The van der Waals surface area contributed by atoms with Crippen molar-refractivity contribution in [1.82, 2.24) is 10.2 Å². The number of H-pyrrole nitrogens is 1. The van der Waals surface area contributed by atoms with E-state index in [0.717, 1.165) is 15.5 Å². The number of nitrogens with zero attached hydrogens (tertiary/aromatic N) is 4.